The molecular weight excluding hydrogens is 268 g/mol. The molecule has 21 heavy (non-hydrogen) atoms. The van der Waals surface area contributed by atoms with Gasteiger partial charge in [-0.3, -0.25) is 4.79 Å². The van der Waals surface area contributed by atoms with Crippen molar-refractivity contribution in [2.24, 2.45) is 5.73 Å². The first-order valence-corrected chi connectivity index (χ1v) is 6.73. The summed E-state index contributed by atoms with van der Waals surface area (Å²) in [7, 11) is 0. The lowest BCUT2D eigenvalue weighted by atomic mass is 10.1. The zero-order valence-electron chi connectivity index (χ0n) is 11.7. The number of nitrogens with one attached hydrogen (secondary N) is 1. The maximum absolute atomic E-state index is 11.9. The maximum Gasteiger partial charge on any atom is 0.321 e. The fourth-order valence-corrected chi connectivity index (χ4v) is 1.89. The average Bonchev–Trinajstić information content (AvgIpc) is 3.22. The highest BCUT2D eigenvalue weighted by molar-refractivity contribution is 6.00. The highest BCUT2D eigenvalue weighted by Crippen LogP contribution is 2.34. The molecule has 1 aromatic carbocycles. The number of rotatable bonds is 4. The molecule has 0 unspecified atom stereocenters. The Labute approximate surface area is 122 Å². The molecular formula is C15H16N4O2. The molecule has 1 aliphatic carbocycles. The number of amides is 1. The fourth-order valence-electron chi connectivity index (χ4n) is 1.89. The van der Waals surface area contributed by atoms with E-state index in [1.54, 1.807) is 30.6 Å². The molecule has 0 aliphatic heterocycles. The summed E-state index contributed by atoms with van der Waals surface area (Å²) in [5.41, 5.74) is 6.81. The van der Waals surface area contributed by atoms with E-state index in [2.05, 4.69) is 15.3 Å². The van der Waals surface area contributed by atoms with E-state index in [4.69, 9.17) is 10.5 Å². The summed E-state index contributed by atoms with van der Waals surface area (Å²) >= 11 is 0. The number of aromatic nitrogens is 2. The largest absolute Gasteiger partial charge is 0.424 e. The van der Waals surface area contributed by atoms with Gasteiger partial charge in [-0.2, -0.15) is 0 Å². The van der Waals surface area contributed by atoms with Crippen molar-refractivity contribution in [3.05, 3.63) is 42.2 Å². The van der Waals surface area contributed by atoms with Gasteiger partial charge in [0.15, 0.2) is 0 Å². The first kappa shape index (κ1) is 13.5. The Morgan fingerprint density at radius 1 is 1.33 bits per heavy atom. The number of benzene rings is 1. The summed E-state index contributed by atoms with van der Waals surface area (Å²) in [5.74, 6) is 0.483. The standard InChI is InChI=1S/C15H16N4O2/c1-10-9-11(21-14-17-7-2-8-18-14)3-4-12(10)19-13(20)15(16)5-6-15/h2-4,7-9H,5-6,16H2,1H3,(H,19,20). The number of nitrogens with two attached hydrogens (primary N) is 1. The zero-order valence-corrected chi connectivity index (χ0v) is 11.7. The van der Waals surface area contributed by atoms with Crippen LogP contribution < -0.4 is 15.8 Å². The van der Waals surface area contributed by atoms with E-state index in [0.29, 0.717) is 5.75 Å². The van der Waals surface area contributed by atoms with Crippen LogP contribution >= 0.6 is 0 Å². The van der Waals surface area contributed by atoms with Gasteiger partial charge in [-0.25, -0.2) is 9.97 Å². The second kappa shape index (κ2) is 5.14. The summed E-state index contributed by atoms with van der Waals surface area (Å²) in [4.78, 5) is 19.9. The maximum atomic E-state index is 11.9. The Bertz CT molecular complexity index is 669. The van der Waals surface area contributed by atoms with Gasteiger partial charge < -0.3 is 15.8 Å². The minimum atomic E-state index is -0.681. The lowest BCUT2D eigenvalue weighted by Crippen LogP contribution is -2.37. The van der Waals surface area contributed by atoms with Gasteiger partial charge in [-0.15, -0.1) is 0 Å². The third-order valence-electron chi connectivity index (χ3n) is 3.44. The third-order valence-corrected chi connectivity index (χ3v) is 3.44. The SMILES string of the molecule is Cc1cc(Oc2ncccn2)ccc1NC(=O)C1(N)CC1. The first-order valence-electron chi connectivity index (χ1n) is 6.73. The van der Waals surface area contributed by atoms with Crippen LogP contribution in [0.15, 0.2) is 36.7 Å². The molecule has 3 rings (SSSR count). The number of aryl methyl sites for hydroxylation is 1. The van der Waals surface area contributed by atoms with Crippen LogP contribution in [-0.4, -0.2) is 21.4 Å². The topological polar surface area (TPSA) is 90.1 Å². The van der Waals surface area contributed by atoms with Crippen molar-refractivity contribution >= 4 is 11.6 Å². The van der Waals surface area contributed by atoms with Gasteiger partial charge in [-0.1, -0.05) is 0 Å². The van der Waals surface area contributed by atoms with E-state index in [1.807, 2.05) is 13.0 Å². The minimum absolute atomic E-state index is 0.134. The van der Waals surface area contributed by atoms with E-state index < -0.39 is 5.54 Å². The van der Waals surface area contributed by atoms with Gasteiger partial charge in [0.1, 0.15) is 5.75 Å². The summed E-state index contributed by atoms with van der Waals surface area (Å²) in [6.45, 7) is 1.89. The summed E-state index contributed by atoms with van der Waals surface area (Å²) in [6, 6.07) is 7.37. The second-order valence-corrected chi connectivity index (χ2v) is 5.22. The van der Waals surface area contributed by atoms with Crippen molar-refractivity contribution in [1.82, 2.24) is 9.97 Å². The van der Waals surface area contributed by atoms with Crippen LogP contribution in [0.25, 0.3) is 0 Å². The van der Waals surface area contributed by atoms with E-state index in [-0.39, 0.29) is 11.9 Å². The summed E-state index contributed by atoms with van der Waals surface area (Å²) in [5, 5.41) is 2.85. The molecule has 1 aliphatic rings. The molecule has 1 amide bonds. The Morgan fingerprint density at radius 3 is 2.67 bits per heavy atom. The number of nitrogens with zero attached hydrogens (tertiary/aromatic N) is 2. The third kappa shape index (κ3) is 3.00. The first-order chi connectivity index (χ1) is 10.1. The number of hydrogen-bond acceptors (Lipinski definition) is 5. The number of ether oxygens (including phenoxy) is 1. The van der Waals surface area contributed by atoms with Crippen molar-refractivity contribution < 1.29 is 9.53 Å². The van der Waals surface area contributed by atoms with Crippen LogP contribution in [0.5, 0.6) is 11.8 Å². The Morgan fingerprint density at radius 2 is 2.05 bits per heavy atom. The molecule has 1 saturated carbocycles. The monoisotopic (exact) mass is 284 g/mol. The quantitative estimate of drug-likeness (QED) is 0.896. The Hall–Kier alpha value is -2.47. The van der Waals surface area contributed by atoms with Crippen molar-refractivity contribution in [3.63, 3.8) is 0 Å². The Kier molecular flexibility index (Phi) is 3.31. The highest BCUT2D eigenvalue weighted by Gasteiger charge is 2.46. The predicted octanol–water partition coefficient (Wildman–Crippen LogP) is 2.01. The average molecular weight is 284 g/mol. The molecule has 0 radical (unpaired) electrons. The van der Waals surface area contributed by atoms with Crippen LogP contribution in [0.1, 0.15) is 18.4 Å². The molecule has 1 fully saturated rings. The lowest BCUT2D eigenvalue weighted by molar-refractivity contribution is -0.118. The van der Waals surface area contributed by atoms with Gasteiger partial charge in [0.05, 0.1) is 5.54 Å². The van der Waals surface area contributed by atoms with Crippen molar-refractivity contribution in [1.29, 1.82) is 0 Å². The molecule has 0 spiro atoms. The van der Waals surface area contributed by atoms with Crippen molar-refractivity contribution in [2.45, 2.75) is 25.3 Å². The van der Waals surface area contributed by atoms with Gasteiger partial charge >= 0.3 is 6.01 Å². The van der Waals surface area contributed by atoms with Crippen LogP contribution in [0.4, 0.5) is 5.69 Å². The normalized spacial score (nSPS) is 15.3. The van der Waals surface area contributed by atoms with Gasteiger partial charge in [0, 0.05) is 18.1 Å². The van der Waals surface area contributed by atoms with Crippen molar-refractivity contribution in [2.75, 3.05) is 5.32 Å². The number of carbonyl (C=O) groups excluding carboxylic acids is 1. The molecule has 108 valence electrons. The second-order valence-electron chi connectivity index (χ2n) is 5.22. The van der Waals surface area contributed by atoms with Gasteiger partial charge in [-0.05, 0) is 49.6 Å². The lowest BCUT2D eigenvalue weighted by Gasteiger charge is -2.13. The predicted molar refractivity (Wildman–Crippen MR) is 78.1 cm³/mol. The number of anilines is 1. The van der Waals surface area contributed by atoms with Crippen LogP contribution in [-0.2, 0) is 4.79 Å². The smallest absolute Gasteiger partial charge is 0.321 e. The van der Waals surface area contributed by atoms with Crippen molar-refractivity contribution in [3.8, 4) is 11.8 Å². The molecule has 3 N–H and O–H groups in total. The zero-order chi connectivity index (χ0) is 14.9. The van der Waals surface area contributed by atoms with Crippen LogP contribution in [0, 0.1) is 6.92 Å². The minimum Gasteiger partial charge on any atom is -0.424 e. The van der Waals surface area contributed by atoms with Crippen LogP contribution in [0.2, 0.25) is 0 Å². The molecule has 6 heteroatoms. The molecule has 0 bridgehead atoms. The molecule has 0 atom stereocenters. The van der Waals surface area contributed by atoms with E-state index in [9.17, 15) is 4.79 Å². The van der Waals surface area contributed by atoms with Gasteiger partial charge in [0.25, 0.3) is 0 Å². The van der Waals surface area contributed by atoms with E-state index >= 15 is 0 Å². The number of carbonyl (C=O) groups is 1. The molecule has 1 aromatic heterocycles. The Balaban J connectivity index is 1.72. The number of hydrogen-bond donors (Lipinski definition) is 2. The molecule has 1 heterocycles. The van der Waals surface area contributed by atoms with Crippen LogP contribution in [0.3, 0.4) is 0 Å². The molecule has 0 saturated heterocycles. The highest BCUT2D eigenvalue weighted by atomic mass is 16.5. The summed E-state index contributed by atoms with van der Waals surface area (Å²) < 4.78 is 5.54. The van der Waals surface area contributed by atoms with Gasteiger partial charge in [0.2, 0.25) is 5.91 Å². The van der Waals surface area contributed by atoms with E-state index in [0.717, 1.165) is 24.1 Å². The summed E-state index contributed by atoms with van der Waals surface area (Å²) in [6.07, 6.45) is 4.70. The van der Waals surface area contributed by atoms with E-state index in [1.165, 1.54) is 0 Å². The fraction of sp³-hybridized carbons (Fsp3) is 0.267. The molecule has 2 aromatic rings. The molecule has 6 nitrogen and oxygen atoms in total.